The van der Waals surface area contributed by atoms with Crippen molar-refractivity contribution in [1.29, 1.82) is 0 Å². The third-order valence-electron chi connectivity index (χ3n) is 3.01. The van der Waals surface area contributed by atoms with Crippen LogP contribution in [-0.2, 0) is 0 Å². The first-order valence-electron chi connectivity index (χ1n) is 5.98. The molecule has 2 aromatic rings. The zero-order valence-electron chi connectivity index (χ0n) is 11.3. The van der Waals surface area contributed by atoms with E-state index in [1.165, 1.54) is 26.4 Å². The van der Waals surface area contributed by atoms with Gasteiger partial charge in [-0.1, -0.05) is 15.9 Å². The molecule has 21 heavy (non-hydrogen) atoms. The van der Waals surface area contributed by atoms with Crippen molar-refractivity contribution in [1.82, 2.24) is 0 Å². The van der Waals surface area contributed by atoms with Gasteiger partial charge in [-0.15, -0.1) is 11.6 Å². The molecule has 2 nitrogen and oxygen atoms in total. The molecular weight excluding hydrogens is 366 g/mol. The summed E-state index contributed by atoms with van der Waals surface area (Å²) in [6, 6.07) is 7.25. The SMILES string of the molecule is COc1ccc(OC)c(C(Cl)c2c(F)cc(Br)cc2F)c1. The molecule has 112 valence electrons. The summed E-state index contributed by atoms with van der Waals surface area (Å²) in [4.78, 5) is 0. The molecule has 0 fully saturated rings. The number of hydrogen-bond acceptors (Lipinski definition) is 2. The van der Waals surface area contributed by atoms with E-state index in [0.29, 0.717) is 21.5 Å². The smallest absolute Gasteiger partial charge is 0.132 e. The van der Waals surface area contributed by atoms with Gasteiger partial charge in [-0.25, -0.2) is 8.78 Å². The summed E-state index contributed by atoms with van der Waals surface area (Å²) in [5.41, 5.74) is 0.199. The highest BCUT2D eigenvalue weighted by molar-refractivity contribution is 9.10. The Labute approximate surface area is 134 Å². The average Bonchev–Trinajstić information content (AvgIpc) is 2.45. The van der Waals surface area contributed by atoms with E-state index in [0.717, 1.165) is 0 Å². The van der Waals surface area contributed by atoms with Crippen molar-refractivity contribution < 1.29 is 18.3 Å². The molecule has 2 rings (SSSR count). The van der Waals surface area contributed by atoms with Crippen LogP contribution in [0.2, 0.25) is 0 Å². The highest BCUT2D eigenvalue weighted by Crippen LogP contribution is 2.39. The topological polar surface area (TPSA) is 18.5 Å². The number of ether oxygens (including phenoxy) is 2. The molecule has 0 radical (unpaired) electrons. The minimum Gasteiger partial charge on any atom is -0.497 e. The first-order valence-corrected chi connectivity index (χ1v) is 7.21. The van der Waals surface area contributed by atoms with Gasteiger partial charge < -0.3 is 9.47 Å². The number of halogens is 4. The second-order valence-electron chi connectivity index (χ2n) is 4.25. The average molecular weight is 378 g/mol. The van der Waals surface area contributed by atoms with Gasteiger partial charge in [0.1, 0.15) is 23.1 Å². The molecule has 0 N–H and O–H groups in total. The number of rotatable bonds is 4. The van der Waals surface area contributed by atoms with E-state index in [4.69, 9.17) is 21.1 Å². The van der Waals surface area contributed by atoms with Crippen molar-refractivity contribution in [3.05, 3.63) is 57.6 Å². The van der Waals surface area contributed by atoms with Crippen LogP contribution < -0.4 is 9.47 Å². The molecule has 1 unspecified atom stereocenters. The molecule has 0 aromatic heterocycles. The number of methoxy groups -OCH3 is 2. The Hall–Kier alpha value is -1.33. The predicted molar refractivity (Wildman–Crippen MR) is 81.3 cm³/mol. The summed E-state index contributed by atoms with van der Waals surface area (Å²) in [5.74, 6) is -0.509. The summed E-state index contributed by atoms with van der Waals surface area (Å²) >= 11 is 9.31. The third kappa shape index (κ3) is 3.30. The molecule has 0 heterocycles. The second-order valence-corrected chi connectivity index (χ2v) is 5.61. The van der Waals surface area contributed by atoms with E-state index in [2.05, 4.69) is 15.9 Å². The van der Waals surface area contributed by atoms with Crippen molar-refractivity contribution in [2.45, 2.75) is 5.38 Å². The molecule has 0 amide bonds. The lowest BCUT2D eigenvalue weighted by molar-refractivity contribution is 0.398. The first-order chi connectivity index (χ1) is 9.97. The van der Waals surface area contributed by atoms with Crippen LogP contribution in [0.1, 0.15) is 16.5 Å². The molecule has 0 aliphatic heterocycles. The number of hydrogen-bond donors (Lipinski definition) is 0. The van der Waals surface area contributed by atoms with E-state index in [1.807, 2.05) is 0 Å². The van der Waals surface area contributed by atoms with Crippen LogP contribution in [0.25, 0.3) is 0 Å². The van der Waals surface area contributed by atoms with Crippen LogP contribution in [0.5, 0.6) is 11.5 Å². The minimum atomic E-state index is -1.04. The van der Waals surface area contributed by atoms with E-state index >= 15 is 0 Å². The fourth-order valence-electron chi connectivity index (χ4n) is 1.99. The van der Waals surface area contributed by atoms with Crippen LogP contribution in [0.4, 0.5) is 8.78 Å². The molecule has 0 spiro atoms. The van der Waals surface area contributed by atoms with E-state index < -0.39 is 17.0 Å². The molecule has 0 bridgehead atoms. The Morgan fingerprint density at radius 3 is 2.19 bits per heavy atom. The number of alkyl halides is 1. The highest BCUT2D eigenvalue weighted by atomic mass is 79.9. The largest absolute Gasteiger partial charge is 0.497 e. The maximum Gasteiger partial charge on any atom is 0.132 e. The zero-order valence-corrected chi connectivity index (χ0v) is 13.6. The number of benzene rings is 2. The summed E-state index contributed by atoms with van der Waals surface area (Å²) in [6.07, 6.45) is 0. The van der Waals surface area contributed by atoms with E-state index in [-0.39, 0.29) is 5.56 Å². The predicted octanol–water partition coefficient (Wildman–Crippen LogP) is 5.07. The van der Waals surface area contributed by atoms with Gasteiger partial charge in [-0.3, -0.25) is 0 Å². The zero-order chi connectivity index (χ0) is 15.6. The van der Waals surface area contributed by atoms with Gasteiger partial charge in [0.05, 0.1) is 19.6 Å². The lowest BCUT2D eigenvalue weighted by Gasteiger charge is -2.17. The van der Waals surface area contributed by atoms with Crippen molar-refractivity contribution in [2.24, 2.45) is 0 Å². The van der Waals surface area contributed by atoms with Gasteiger partial charge in [0.25, 0.3) is 0 Å². The summed E-state index contributed by atoms with van der Waals surface area (Å²) in [5, 5.41) is -1.04. The first kappa shape index (κ1) is 16.0. The Kier molecular flexibility index (Phi) is 5.06. The van der Waals surface area contributed by atoms with Gasteiger partial charge in [0, 0.05) is 15.6 Å². The summed E-state index contributed by atoms with van der Waals surface area (Å²) in [6.45, 7) is 0. The molecule has 0 aliphatic rings. The van der Waals surface area contributed by atoms with Gasteiger partial charge in [0.15, 0.2) is 0 Å². The normalized spacial score (nSPS) is 12.1. The van der Waals surface area contributed by atoms with Crippen molar-refractivity contribution in [3.8, 4) is 11.5 Å². The summed E-state index contributed by atoms with van der Waals surface area (Å²) < 4.78 is 38.7. The minimum absolute atomic E-state index is 0.230. The molecule has 0 saturated carbocycles. The third-order valence-corrected chi connectivity index (χ3v) is 3.92. The fraction of sp³-hybridized carbons (Fsp3) is 0.200. The van der Waals surface area contributed by atoms with E-state index in [9.17, 15) is 8.78 Å². The van der Waals surface area contributed by atoms with Crippen molar-refractivity contribution >= 4 is 27.5 Å². The van der Waals surface area contributed by atoms with Gasteiger partial charge in [-0.05, 0) is 30.3 Å². The van der Waals surface area contributed by atoms with Crippen molar-refractivity contribution in [2.75, 3.05) is 14.2 Å². The molecular formula is C15H12BrClF2O2. The van der Waals surface area contributed by atoms with Crippen molar-refractivity contribution in [3.63, 3.8) is 0 Å². The highest BCUT2D eigenvalue weighted by Gasteiger charge is 2.24. The molecule has 1 atom stereocenters. The van der Waals surface area contributed by atoms with Crippen LogP contribution in [-0.4, -0.2) is 14.2 Å². The standard InChI is InChI=1S/C15H12BrClF2O2/c1-20-9-3-4-13(21-2)10(7-9)15(17)14-11(18)5-8(16)6-12(14)19/h3-7,15H,1-2H3. The Balaban J connectivity index is 2.56. The fourth-order valence-corrected chi connectivity index (χ4v) is 2.77. The second kappa shape index (κ2) is 6.62. The Morgan fingerprint density at radius 1 is 1.05 bits per heavy atom. The van der Waals surface area contributed by atoms with Crippen LogP contribution in [0.15, 0.2) is 34.8 Å². The van der Waals surface area contributed by atoms with Gasteiger partial charge >= 0.3 is 0 Å². The van der Waals surface area contributed by atoms with E-state index in [1.54, 1.807) is 18.2 Å². The Bertz CT molecular complexity index is 641. The maximum absolute atomic E-state index is 14.0. The maximum atomic E-state index is 14.0. The van der Waals surface area contributed by atoms with Crippen LogP contribution >= 0.6 is 27.5 Å². The molecule has 0 saturated heterocycles. The quantitative estimate of drug-likeness (QED) is 0.692. The van der Waals surface area contributed by atoms with Crippen LogP contribution in [0.3, 0.4) is 0 Å². The van der Waals surface area contributed by atoms with Crippen LogP contribution in [0, 0.1) is 11.6 Å². The molecule has 6 heteroatoms. The van der Waals surface area contributed by atoms with Gasteiger partial charge in [0.2, 0.25) is 0 Å². The van der Waals surface area contributed by atoms with Gasteiger partial charge in [-0.2, -0.15) is 0 Å². The lowest BCUT2D eigenvalue weighted by atomic mass is 10.0. The lowest BCUT2D eigenvalue weighted by Crippen LogP contribution is -2.04. The Morgan fingerprint density at radius 2 is 1.67 bits per heavy atom. The molecule has 2 aromatic carbocycles. The summed E-state index contributed by atoms with van der Waals surface area (Å²) in [7, 11) is 2.96. The molecule has 0 aliphatic carbocycles. The monoisotopic (exact) mass is 376 g/mol.